The number of hydrogen-bond acceptors (Lipinski definition) is 2. The fourth-order valence-corrected chi connectivity index (χ4v) is 3.30. The van der Waals surface area contributed by atoms with E-state index in [0.717, 1.165) is 22.9 Å². The molecule has 1 saturated heterocycles. The van der Waals surface area contributed by atoms with Gasteiger partial charge in [-0.3, -0.25) is 9.59 Å². The van der Waals surface area contributed by atoms with Crippen LogP contribution in [0.25, 0.3) is 0 Å². The van der Waals surface area contributed by atoms with Gasteiger partial charge in [0.1, 0.15) is 12.6 Å². The Kier molecular flexibility index (Phi) is 3.50. The number of hydrogen-bond donors (Lipinski definition) is 1. The number of piperazine rings is 1. The lowest BCUT2D eigenvalue weighted by Crippen LogP contribution is -2.59. The van der Waals surface area contributed by atoms with Crippen molar-refractivity contribution >= 4 is 45.0 Å². The third-order valence-electron chi connectivity index (χ3n) is 3.76. The molecule has 6 heteroatoms. The Bertz CT molecular complexity index is 601. The van der Waals surface area contributed by atoms with Crippen LogP contribution in [0.1, 0.15) is 18.4 Å². The average molecular weight is 358 g/mol. The molecule has 106 valence electrons. The van der Waals surface area contributed by atoms with Crippen molar-refractivity contribution < 1.29 is 9.59 Å². The Morgan fingerprint density at radius 1 is 1.35 bits per heavy atom. The average Bonchev–Trinajstić information content (AvgIpc) is 3.21. The molecule has 1 aromatic carbocycles. The van der Waals surface area contributed by atoms with Gasteiger partial charge in [0.05, 0.1) is 5.69 Å². The molecular weight excluding hydrogens is 344 g/mol. The van der Waals surface area contributed by atoms with Gasteiger partial charge in [-0.25, -0.2) is 0 Å². The first-order chi connectivity index (χ1) is 9.47. The molecular formula is C14H14BrClN2O2. The zero-order valence-electron chi connectivity index (χ0n) is 11.0. The van der Waals surface area contributed by atoms with Crippen LogP contribution in [-0.4, -0.2) is 24.4 Å². The topological polar surface area (TPSA) is 49.4 Å². The first-order valence-corrected chi connectivity index (χ1v) is 7.71. The van der Waals surface area contributed by atoms with Crippen LogP contribution in [0.15, 0.2) is 16.6 Å². The molecule has 0 radical (unpaired) electrons. The Morgan fingerprint density at radius 2 is 2.05 bits per heavy atom. The Morgan fingerprint density at radius 3 is 2.70 bits per heavy atom. The van der Waals surface area contributed by atoms with Crippen molar-refractivity contribution in [2.45, 2.75) is 25.8 Å². The molecule has 2 aliphatic rings. The van der Waals surface area contributed by atoms with E-state index in [1.165, 1.54) is 4.90 Å². The van der Waals surface area contributed by atoms with E-state index in [9.17, 15) is 9.59 Å². The minimum atomic E-state index is -0.386. The molecule has 1 aliphatic heterocycles. The molecule has 20 heavy (non-hydrogen) atoms. The van der Waals surface area contributed by atoms with Gasteiger partial charge in [-0.1, -0.05) is 11.6 Å². The molecule has 1 N–H and O–H groups in total. The van der Waals surface area contributed by atoms with Crippen LogP contribution in [0.2, 0.25) is 5.02 Å². The van der Waals surface area contributed by atoms with Gasteiger partial charge in [0.25, 0.3) is 0 Å². The van der Waals surface area contributed by atoms with Crippen LogP contribution in [-0.2, 0) is 9.59 Å². The molecule has 1 aromatic rings. The molecule has 4 nitrogen and oxygen atoms in total. The second-order valence-electron chi connectivity index (χ2n) is 5.36. The SMILES string of the molecule is Cc1cc(Br)c(N2CC(=O)NC(C3CC3)C2=O)cc1Cl. The Hall–Kier alpha value is -1.07. The third kappa shape index (κ3) is 2.44. The molecule has 1 aliphatic carbocycles. The highest BCUT2D eigenvalue weighted by atomic mass is 79.9. The number of aryl methyl sites for hydroxylation is 1. The standard InChI is InChI=1S/C14H14BrClN2O2/c1-7-4-9(15)11(5-10(7)16)18-6-12(19)17-13(14(18)20)8-2-3-8/h4-5,8,13H,2-3,6H2,1H3,(H,17,19). The van der Waals surface area contributed by atoms with E-state index in [2.05, 4.69) is 21.2 Å². The van der Waals surface area contributed by atoms with Crippen molar-refractivity contribution in [3.63, 3.8) is 0 Å². The van der Waals surface area contributed by atoms with Crippen molar-refractivity contribution in [1.29, 1.82) is 0 Å². The lowest BCUT2D eigenvalue weighted by Gasteiger charge is -2.33. The second kappa shape index (κ2) is 5.04. The van der Waals surface area contributed by atoms with E-state index < -0.39 is 0 Å². The lowest BCUT2D eigenvalue weighted by molar-refractivity contribution is -0.131. The van der Waals surface area contributed by atoms with Crippen molar-refractivity contribution in [2.24, 2.45) is 5.92 Å². The third-order valence-corrected chi connectivity index (χ3v) is 4.80. The highest BCUT2D eigenvalue weighted by Crippen LogP contribution is 2.37. The number of nitrogens with one attached hydrogen (secondary N) is 1. The van der Waals surface area contributed by atoms with Gasteiger partial charge in [-0.05, 0) is 59.3 Å². The van der Waals surface area contributed by atoms with E-state index in [1.54, 1.807) is 6.07 Å². The van der Waals surface area contributed by atoms with Crippen LogP contribution in [0.5, 0.6) is 0 Å². The zero-order valence-corrected chi connectivity index (χ0v) is 13.3. The normalized spacial score (nSPS) is 22.9. The Labute approximate surface area is 130 Å². The zero-order chi connectivity index (χ0) is 14.4. The number of nitrogens with zero attached hydrogens (tertiary/aromatic N) is 1. The summed E-state index contributed by atoms with van der Waals surface area (Å²) in [6, 6.07) is 3.22. The first kappa shape index (κ1) is 13.9. The molecule has 1 heterocycles. The summed E-state index contributed by atoms with van der Waals surface area (Å²) in [5.74, 6) is 0.117. The predicted octanol–water partition coefficient (Wildman–Crippen LogP) is 2.65. The summed E-state index contributed by atoms with van der Waals surface area (Å²) < 4.78 is 0.775. The van der Waals surface area contributed by atoms with Gasteiger partial charge in [0.2, 0.25) is 11.8 Å². The summed E-state index contributed by atoms with van der Waals surface area (Å²) in [6.07, 6.45) is 2.00. The van der Waals surface area contributed by atoms with Gasteiger partial charge in [0, 0.05) is 9.50 Å². The van der Waals surface area contributed by atoms with Crippen molar-refractivity contribution in [1.82, 2.24) is 5.32 Å². The highest BCUT2D eigenvalue weighted by Gasteiger charge is 2.43. The molecule has 1 unspecified atom stereocenters. The van der Waals surface area contributed by atoms with Crippen LogP contribution in [0.3, 0.4) is 0 Å². The monoisotopic (exact) mass is 356 g/mol. The summed E-state index contributed by atoms with van der Waals surface area (Å²) >= 11 is 9.59. The van der Waals surface area contributed by atoms with Gasteiger partial charge in [-0.2, -0.15) is 0 Å². The molecule has 2 fully saturated rings. The minimum Gasteiger partial charge on any atom is -0.342 e. The fraction of sp³-hybridized carbons (Fsp3) is 0.429. The fourth-order valence-electron chi connectivity index (χ4n) is 2.47. The maximum Gasteiger partial charge on any atom is 0.250 e. The molecule has 1 saturated carbocycles. The number of carbonyl (C=O) groups is 2. The number of anilines is 1. The largest absolute Gasteiger partial charge is 0.342 e. The summed E-state index contributed by atoms with van der Waals surface area (Å²) in [4.78, 5) is 25.9. The molecule has 0 spiro atoms. The molecule has 1 atom stereocenters. The van der Waals surface area contributed by atoms with E-state index in [4.69, 9.17) is 11.6 Å². The summed E-state index contributed by atoms with van der Waals surface area (Å²) in [6.45, 7) is 1.94. The maximum atomic E-state index is 12.5. The number of rotatable bonds is 2. The number of benzene rings is 1. The molecule has 2 amide bonds. The smallest absolute Gasteiger partial charge is 0.250 e. The highest BCUT2D eigenvalue weighted by molar-refractivity contribution is 9.10. The quantitative estimate of drug-likeness (QED) is 0.884. The molecule has 0 bridgehead atoms. The van der Waals surface area contributed by atoms with Crippen LogP contribution < -0.4 is 10.2 Å². The molecule has 3 rings (SSSR count). The first-order valence-electron chi connectivity index (χ1n) is 6.54. The number of carbonyl (C=O) groups excluding carboxylic acids is 2. The number of amides is 2. The van der Waals surface area contributed by atoms with Gasteiger partial charge < -0.3 is 10.2 Å². The summed E-state index contributed by atoms with van der Waals surface area (Å²) in [5.41, 5.74) is 1.58. The van der Waals surface area contributed by atoms with Gasteiger partial charge in [0.15, 0.2) is 0 Å². The predicted molar refractivity (Wildman–Crippen MR) is 80.9 cm³/mol. The second-order valence-corrected chi connectivity index (χ2v) is 6.62. The van der Waals surface area contributed by atoms with E-state index in [-0.39, 0.29) is 30.3 Å². The van der Waals surface area contributed by atoms with E-state index >= 15 is 0 Å². The minimum absolute atomic E-state index is 0.0417. The van der Waals surface area contributed by atoms with Crippen molar-refractivity contribution in [2.75, 3.05) is 11.4 Å². The lowest BCUT2D eigenvalue weighted by atomic mass is 10.1. The number of halogens is 2. The van der Waals surface area contributed by atoms with E-state index in [1.807, 2.05) is 13.0 Å². The van der Waals surface area contributed by atoms with Crippen molar-refractivity contribution in [3.05, 3.63) is 27.2 Å². The van der Waals surface area contributed by atoms with Crippen LogP contribution in [0.4, 0.5) is 5.69 Å². The van der Waals surface area contributed by atoms with Crippen LogP contribution in [0, 0.1) is 12.8 Å². The molecule has 0 aromatic heterocycles. The van der Waals surface area contributed by atoms with Gasteiger partial charge in [-0.15, -0.1) is 0 Å². The summed E-state index contributed by atoms with van der Waals surface area (Å²) in [5, 5.41) is 3.38. The van der Waals surface area contributed by atoms with Gasteiger partial charge >= 0.3 is 0 Å². The van der Waals surface area contributed by atoms with E-state index in [0.29, 0.717) is 10.7 Å². The van der Waals surface area contributed by atoms with Crippen molar-refractivity contribution in [3.8, 4) is 0 Å². The Balaban J connectivity index is 1.97. The van der Waals surface area contributed by atoms with Crippen LogP contribution >= 0.6 is 27.5 Å². The summed E-state index contributed by atoms with van der Waals surface area (Å²) in [7, 11) is 0. The maximum absolute atomic E-state index is 12.5.